The molecule has 1 rings (SSSR count). The molecule has 0 unspecified atom stereocenters. The molecule has 0 atom stereocenters. The standard InChI is InChI=1S/C11H8F2N2O3/c1-2-3-6-14-11(16)9-7(12)4-5-8(10(9)13)15(17)18/h1,4-5H,3,6H2,(H,14,16). The van der Waals surface area contributed by atoms with E-state index in [0.29, 0.717) is 12.1 Å². The molecular formula is C11H8F2N2O3. The van der Waals surface area contributed by atoms with Crippen LogP contribution in [0.3, 0.4) is 0 Å². The zero-order valence-electron chi connectivity index (χ0n) is 9.07. The summed E-state index contributed by atoms with van der Waals surface area (Å²) >= 11 is 0. The first kappa shape index (κ1) is 13.6. The number of nitro benzene ring substituents is 1. The molecule has 0 aromatic heterocycles. The lowest BCUT2D eigenvalue weighted by Crippen LogP contribution is -2.26. The topological polar surface area (TPSA) is 72.2 Å². The van der Waals surface area contributed by atoms with Gasteiger partial charge in [-0.25, -0.2) is 4.39 Å². The SMILES string of the molecule is C#CCCNC(=O)c1c(F)ccc([N+](=O)[O-])c1F. The molecule has 0 saturated carbocycles. The van der Waals surface area contributed by atoms with Crippen LogP contribution in [0.25, 0.3) is 0 Å². The third kappa shape index (κ3) is 2.79. The Kier molecular flexibility index (Phi) is 4.32. The van der Waals surface area contributed by atoms with Gasteiger partial charge >= 0.3 is 5.69 Å². The minimum atomic E-state index is -1.50. The average Bonchev–Trinajstić information content (AvgIpc) is 2.28. The summed E-state index contributed by atoms with van der Waals surface area (Å²) in [7, 11) is 0. The third-order valence-corrected chi connectivity index (χ3v) is 2.05. The number of nitro groups is 1. The van der Waals surface area contributed by atoms with Crippen LogP contribution in [0.2, 0.25) is 0 Å². The number of nitrogens with one attached hydrogen (secondary N) is 1. The zero-order valence-corrected chi connectivity index (χ0v) is 9.07. The van der Waals surface area contributed by atoms with Crippen molar-refractivity contribution in [3.8, 4) is 12.3 Å². The van der Waals surface area contributed by atoms with E-state index in [1.807, 2.05) is 0 Å². The molecule has 0 aliphatic carbocycles. The van der Waals surface area contributed by atoms with Gasteiger partial charge in [-0.2, -0.15) is 4.39 Å². The maximum absolute atomic E-state index is 13.6. The summed E-state index contributed by atoms with van der Waals surface area (Å²) in [5.74, 6) is -1.53. The van der Waals surface area contributed by atoms with E-state index in [9.17, 15) is 23.7 Å². The molecule has 0 aliphatic heterocycles. The number of carbonyl (C=O) groups excluding carboxylic acids is 1. The molecule has 18 heavy (non-hydrogen) atoms. The van der Waals surface area contributed by atoms with Gasteiger partial charge in [0.15, 0.2) is 0 Å². The van der Waals surface area contributed by atoms with Gasteiger partial charge < -0.3 is 5.32 Å². The molecule has 94 valence electrons. The highest BCUT2D eigenvalue weighted by molar-refractivity contribution is 5.95. The van der Waals surface area contributed by atoms with Gasteiger partial charge in [0.05, 0.1) is 4.92 Å². The van der Waals surface area contributed by atoms with Crippen molar-refractivity contribution in [3.05, 3.63) is 39.4 Å². The molecule has 0 saturated heterocycles. The second kappa shape index (κ2) is 5.72. The maximum atomic E-state index is 13.6. The van der Waals surface area contributed by atoms with Crippen molar-refractivity contribution in [2.24, 2.45) is 0 Å². The monoisotopic (exact) mass is 254 g/mol. The lowest BCUT2D eigenvalue weighted by molar-refractivity contribution is -0.387. The average molecular weight is 254 g/mol. The quantitative estimate of drug-likeness (QED) is 0.384. The van der Waals surface area contributed by atoms with E-state index in [1.54, 1.807) is 0 Å². The molecule has 7 heteroatoms. The van der Waals surface area contributed by atoms with Crippen LogP contribution in [-0.4, -0.2) is 17.4 Å². The number of amides is 1. The van der Waals surface area contributed by atoms with Gasteiger partial charge in [0.2, 0.25) is 5.82 Å². The second-order valence-corrected chi connectivity index (χ2v) is 3.22. The van der Waals surface area contributed by atoms with Gasteiger partial charge in [-0.15, -0.1) is 12.3 Å². The van der Waals surface area contributed by atoms with Crippen molar-refractivity contribution in [2.75, 3.05) is 6.54 Å². The number of carbonyl (C=O) groups is 1. The first-order valence-electron chi connectivity index (χ1n) is 4.83. The van der Waals surface area contributed by atoms with E-state index in [0.717, 1.165) is 0 Å². The van der Waals surface area contributed by atoms with E-state index in [2.05, 4.69) is 11.2 Å². The fourth-order valence-corrected chi connectivity index (χ4v) is 1.23. The maximum Gasteiger partial charge on any atom is 0.305 e. The summed E-state index contributed by atoms with van der Waals surface area (Å²) < 4.78 is 26.9. The van der Waals surface area contributed by atoms with E-state index in [-0.39, 0.29) is 13.0 Å². The Morgan fingerprint density at radius 1 is 1.50 bits per heavy atom. The molecule has 0 aliphatic rings. The van der Waals surface area contributed by atoms with Gasteiger partial charge in [-0.3, -0.25) is 14.9 Å². The molecule has 0 bridgehead atoms. The van der Waals surface area contributed by atoms with E-state index in [1.165, 1.54) is 0 Å². The number of halogens is 2. The minimum Gasteiger partial charge on any atom is -0.351 e. The smallest absolute Gasteiger partial charge is 0.305 e. The Labute approximate surface area is 101 Å². The first-order valence-corrected chi connectivity index (χ1v) is 4.83. The highest BCUT2D eigenvalue weighted by Gasteiger charge is 2.25. The molecule has 0 spiro atoms. The second-order valence-electron chi connectivity index (χ2n) is 3.22. The Bertz CT molecular complexity index is 538. The predicted molar refractivity (Wildman–Crippen MR) is 58.8 cm³/mol. The molecule has 0 fully saturated rings. The molecule has 0 radical (unpaired) electrons. The normalized spacial score (nSPS) is 9.61. The lowest BCUT2D eigenvalue weighted by atomic mass is 10.1. The molecule has 1 N–H and O–H groups in total. The van der Waals surface area contributed by atoms with Crippen molar-refractivity contribution in [2.45, 2.75) is 6.42 Å². The van der Waals surface area contributed by atoms with Gasteiger partial charge in [0.25, 0.3) is 5.91 Å². The van der Waals surface area contributed by atoms with Crippen LogP contribution in [0.1, 0.15) is 16.8 Å². The Balaban J connectivity index is 3.08. The summed E-state index contributed by atoms with van der Waals surface area (Å²) in [5.41, 5.74) is -1.94. The van der Waals surface area contributed by atoms with Crippen molar-refractivity contribution >= 4 is 11.6 Å². The molecular weight excluding hydrogens is 246 g/mol. The Hall–Kier alpha value is -2.49. The van der Waals surface area contributed by atoms with Crippen molar-refractivity contribution in [1.82, 2.24) is 5.32 Å². The third-order valence-electron chi connectivity index (χ3n) is 2.05. The fourth-order valence-electron chi connectivity index (χ4n) is 1.23. The van der Waals surface area contributed by atoms with E-state index >= 15 is 0 Å². The van der Waals surface area contributed by atoms with Gasteiger partial charge in [-0.1, -0.05) is 0 Å². The highest BCUT2D eigenvalue weighted by Crippen LogP contribution is 2.22. The van der Waals surface area contributed by atoms with Crippen LogP contribution in [0.5, 0.6) is 0 Å². The van der Waals surface area contributed by atoms with Crippen LogP contribution in [0.4, 0.5) is 14.5 Å². The van der Waals surface area contributed by atoms with Crippen LogP contribution in [0, 0.1) is 34.1 Å². The summed E-state index contributed by atoms with van der Waals surface area (Å²) in [4.78, 5) is 20.9. The van der Waals surface area contributed by atoms with Crippen molar-refractivity contribution < 1.29 is 18.5 Å². The molecule has 1 aromatic carbocycles. The zero-order chi connectivity index (χ0) is 13.7. The summed E-state index contributed by atoms with van der Waals surface area (Å²) in [5, 5.41) is 12.6. The molecule has 5 nitrogen and oxygen atoms in total. The molecule has 0 heterocycles. The Morgan fingerprint density at radius 2 is 2.17 bits per heavy atom. The summed E-state index contributed by atoms with van der Waals surface area (Å²) in [6, 6.07) is 1.32. The van der Waals surface area contributed by atoms with Crippen LogP contribution in [-0.2, 0) is 0 Å². The number of hydrogen-bond donors (Lipinski definition) is 1. The Morgan fingerprint density at radius 3 is 2.72 bits per heavy atom. The first-order chi connectivity index (χ1) is 8.49. The molecule has 1 amide bonds. The van der Waals surface area contributed by atoms with Crippen LogP contribution >= 0.6 is 0 Å². The number of hydrogen-bond acceptors (Lipinski definition) is 3. The number of rotatable bonds is 4. The highest BCUT2D eigenvalue weighted by atomic mass is 19.1. The van der Waals surface area contributed by atoms with Crippen molar-refractivity contribution in [1.29, 1.82) is 0 Å². The van der Waals surface area contributed by atoms with Crippen molar-refractivity contribution in [3.63, 3.8) is 0 Å². The lowest BCUT2D eigenvalue weighted by Gasteiger charge is -2.05. The molecule has 1 aromatic rings. The summed E-state index contributed by atoms with van der Waals surface area (Å²) in [6.07, 6.45) is 5.12. The van der Waals surface area contributed by atoms with Gasteiger partial charge in [0, 0.05) is 19.0 Å². The van der Waals surface area contributed by atoms with E-state index < -0.39 is 33.7 Å². The summed E-state index contributed by atoms with van der Waals surface area (Å²) in [6.45, 7) is 0.0247. The predicted octanol–water partition coefficient (Wildman–Crippen LogP) is 1.63. The van der Waals surface area contributed by atoms with Crippen LogP contribution < -0.4 is 5.32 Å². The minimum absolute atomic E-state index is 0.0247. The van der Waals surface area contributed by atoms with Crippen LogP contribution in [0.15, 0.2) is 12.1 Å². The number of benzene rings is 1. The van der Waals surface area contributed by atoms with E-state index in [4.69, 9.17) is 6.42 Å². The number of terminal acetylenes is 1. The van der Waals surface area contributed by atoms with Gasteiger partial charge in [-0.05, 0) is 6.07 Å². The number of nitrogens with zero attached hydrogens (tertiary/aromatic N) is 1. The van der Waals surface area contributed by atoms with Gasteiger partial charge in [0.1, 0.15) is 11.4 Å². The fraction of sp³-hybridized carbons (Fsp3) is 0.182. The largest absolute Gasteiger partial charge is 0.351 e.